The smallest absolute Gasteiger partial charge is 0.270 e. The maximum Gasteiger partial charge on any atom is 0.270 e. The highest BCUT2D eigenvalue weighted by Gasteiger charge is 2.70. The lowest BCUT2D eigenvalue weighted by atomic mass is 9.92. The Morgan fingerprint density at radius 1 is 1.25 bits per heavy atom. The van der Waals surface area contributed by atoms with Crippen LogP contribution in [-0.4, -0.2) is 47.9 Å². The third-order valence-corrected chi connectivity index (χ3v) is 5.46. The first-order chi connectivity index (χ1) is 11.3. The Balaban J connectivity index is 1.68. The summed E-state index contributed by atoms with van der Waals surface area (Å²) in [6.45, 7) is 2.21. The predicted octanol–water partition coefficient (Wildman–Crippen LogP) is 2.06. The minimum atomic E-state index is -2.57. The van der Waals surface area contributed by atoms with Gasteiger partial charge in [0, 0.05) is 36.2 Å². The van der Waals surface area contributed by atoms with Crippen molar-refractivity contribution in [3.8, 4) is 0 Å². The summed E-state index contributed by atoms with van der Waals surface area (Å²) in [6, 6.07) is 0. The van der Waals surface area contributed by atoms with Crippen molar-refractivity contribution in [2.45, 2.75) is 51.4 Å². The average Bonchev–Trinajstić information content (AvgIpc) is 2.89. The average molecular weight is 339 g/mol. The quantitative estimate of drug-likeness (QED) is 0.800. The van der Waals surface area contributed by atoms with Gasteiger partial charge in [0.2, 0.25) is 0 Å². The molecule has 7 heteroatoms. The normalized spacial score (nSPS) is 28.3. The van der Waals surface area contributed by atoms with Crippen LogP contribution in [-0.2, 0) is 9.59 Å². The third-order valence-electron chi connectivity index (χ3n) is 5.46. The topological polar surface area (TPSA) is 75.8 Å². The summed E-state index contributed by atoms with van der Waals surface area (Å²) in [7, 11) is 0. The summed E-state index contributed by atoms with van der Waals surface area (Å²) in [5.41, 5.74) is 6.79. The van der Waals surface area contributed by atoms with Gasteiger partial charge in [-0.05, 0) is 39.0 Å². The molecule has 2 N–H and O–H groups in total. The predicted molar refractivity (Wildman–Crippen MR) is 85.9 cm³/mol. The van der Waals surface area contributed by atoms with Crippen LogP contribution < -0.4 is 5.73 Å². The summed E-state index contributed by atoms with van der Waals surface area (Å²) >= 11 is 0. The Bertz CT molecular complexity index is 632. The van der Waals surface area contributed by atoms with Crippen LogP contribution in [0.5, 0.6) is 0 Å². The van der Waals surface area contributed by atoms with Gasteiger partial charge >= 0.3 is 0 Å². The van der Waals surface area contributed by atoms with E-state index in [1.54, 1.807) is 4.90 Å². The summed E-state index contributed by atoms with van der Waals surface area (Å²) in [5, 5.41) is 0. The minimum Gasteiger partial charge on any atom is -0.394 e. The van der Waals surface area contributed by atoms with Crippen molar-refractivity contribution in [1.29, 1.82) is 0 Å². The SMILES string of the molecule is CC(=O)CN=C1CCC/C1=C(/N)C(=O)N1CCC2(CC1)CC2(F)F. The number of halogens is 2. The van der Waals surface area contributed by atoms with Crippen molar-refractivity contribution in [2.75, 3.05) is 19.6 Å². The van der Waals surface area contributed by atoms with Crippen molar-refractivity contribution in [2.24, 2.45) is 16.1 Å². The van der Waals surface area contributed by atoms with E-state index >= 15 is 0 Å². The molecule has 0 bridgehead atoms. The zero-order chi connectivity index (χ0) is 17.5. The van der Waals surface area contributed by atoms with E-state index in [9.17, 15) is 18.4 Å². The fraction of sp³-hybridized carbons (Fsp3) is 0.706. The molecule has 1 aliphatic heterocycles. The molecule has 3 aliphatic rings. The lowest BCUT2D eigenvalue weighted by Crippen LogP contribution is -2.43. The van der Waals surface area contributed by atoms with Crippen LogP contribution in [0.4, 0.5) is 8.78 Å². The summed E-state index contributed by atoms with van der Waals surface area (Å²) in [6.07, 6.45) is 2.85. The second-order valence-corrected chi connectivity index (χ2v) is 7.16. The largest absolute Gasteiger partial charge is 0.394 e. The molecule has 0 atom stereocenters. The van der Waals surface area contributed by atoms with Crippen LogP contribution in [0.3, 0.4) is 0 Å². The van der Waals surface area contributed by atoms with Crippen molar-refractivity contribution in [1.82, 2.24) is 4.90 Å². The Morgan fingerprint density at radius 3 is 2.42 bits per heavy atom. The molecule has 0 aromatic heterocycles. The molecular weight excluding hydrogens is 316 g/mol. The Labute approximate surface area is 140 Å². The molecule has 3 fully saturated rings. The molecule has 5 nitrogen and oxygen atoms in total. The molecule has 2 aliphatic carbocycles. The van der Waals surface area contributed by atoms with Gasteiger partial charge in [0.05, 0.1) is 6.54 Å². The molecule has 0 unspecified atom stereocenters. The van der Waals surface area contributed by atoms with E-state index in [-0.39, 0.29) is 30.4 Å². The number of aliphatic imine (C=N–C) groups is 1. The van der Waals surface area contributed by atoms with Gasteiger partial charge in [-0.15, -0.1) is 0 Å². The maximum atomic E-state index is 13.4. The van der Waals surface area contributed by atoms with Crippen molar-refractivity contribution < 1.29 is 18.4 Å². The number of allylic oxidation sites excluding steroid dienone is 1. The van der Waals surface area contributed by atoms with Gasteiger partial charge in [-0.25, -0.2) is 8.78 Å². The number of nitrogens with two attached hydrogens (primary N) is 1. The van der Waals surface area contributed by atoms with E-state index in [1.807, 2.05) is 0 Å². The highest BCUT2D eigenvalue weighted by atomic mass is 19.3. The molecule has 0 aromatic rings. The van der Waals surface area contributed by atoms with Gasteiger partial charge in [0.1, 0.15) is 5.70 Å². The number of hydrogen-bond donors (Lipinski definition) is 1. The number of nitrogens with zero attached hydrogens (tertiary/aromatic N) is 2. The first-order valence-corrected chi connectivity index (χ1v) is 8.45. The van der Waals surface area contributed by atoms with E-state index in [0.717, 1.165) is 17.7 Å². The molecule has 0 radical (unpaired) electrons. The third kappa shape index (κ3) is 2.96. The number of hydrogen-bond acceptors (Lipinski definition) is 4. The minimum absolute atomic E-state index is 0.0367. The second kappa shape index (κ2) is 5.93. The number of Topliss-reactive ketones (excluding diaryl/α,β-unsaturated/α-hetero) is 1. The number of carbonyl (C=O) groups excluding carboxylic acids is 2. The number of amides is 1. The number of piperidine rings is 1. The van der Waals surface area contributed by atoms with E-state index in [0.29, 0.717) is 38.8 Å². The number of carbonyl (C=O) groups is 2. The highest BCUT2D eigenvalue weighted by molar-refractivity contribution is 6.09. The number of ketones is 1. The molecular formula is C17H23F2N3O2. The molecule has 132 valence electrons. The highest BCUT2D eigenvalue weighted by Crippen LogP contribution is 2.65. The molecule has 1 amide bonds. The molecule has 1 heterocycles. The van der Waals surface area contributed by atoms with Gasteiger partial charge in [-0.2, -0.15) is 0 Å². The van der Waals surface area contributed by atoms with Gasteiger partial charge in [0.25, 0.3) is 11.8 Å². The Kier molecular flexibility index (Phi) is 4.21. The fourth-order valence-electron chi connectivity index (χ4n) is 3.76. The zero-order valence-electron chi connectivity index (χ0n) is 13.9. The Morgan fingerprint density at radius 2 is 1.88 bits per heavy atom. The van der Waals surface area contributed by atoms with Gasteiger partial charge in [0.15, 0.2) is 5.78 Å². The number of likely N-dealkylation sites (tertiary alicyclic amines) is 1. The van der Waals surface area contributed by atoms with E-state index in [2.05, 4.69) is 4.99 Å². The van der Waals surface area contributed by atoms with Crippen LogP contribution >= 0.6 is 0 Å². The van der Waals surface area contributed by atoms with Crippen LogP contribution in [0.2, 0.25) is 0 Å². The van der Waals surface area contributed by atoms with Crippen molar-refractivity contribution in [3.05, 3.63) is 11.3 Å². The maximum absolute atomic E-state index is 13.4. The standard InChI is InChI=1S/C17H23F2N3O2/c1-11(23)9-21-13-4-2-3-12(13)14(20)15(24)22-7-5-16(6-8-22)10-17(16,18)19/h2-10,20H2,1H3/b14-12-,21-13?. The second-order valence-electron chi connectivity index (χ2n) is 7.16. The Hall–Kier alpha value is -1.79. The lowest BCUT2D eigenvalue weighted by Gasteiger charge is -2.32. The van der Waals surface area contributed by atoms with Crippen LogP contribution in [0.15, 0.2) is 16.3 Å². The summed E-state index contributed by atoms with van der Waals surface area (Å²) in [4.78, 5) is 29.5. The van der Waals surface area contributed by atoms with E-state index in [1.165, 1.54) is 6.92 Å². The number of alkyl halides is 2. The van der Waals surface area contributed by atoms with Crippen LogP contribution in [0.25, 0.3) is 0 Å². The van der Waals surface area contributed by atoms with Crippen molar-refractivity contribution in [3.63, 3.8) is 0 Å². The first-order valence-electron chi connectivity index (χ1n) is 8.45. The monoisotopic (exact) mass is 339 g/mol. The number of rotatable bonds is 3. The van der Waals surface area contributed by atoms with Gasteiger partial charge in [-0.1, -0.05) is 0 Å². The molecule has 2 saturated carbocycles. The van der Waals surface area contributed by atoms with Crippen LogP contribution in [0, 0.1) is 5.41 Å². The van der Waals surface area contributed by atoms with Crippen LogP contribution in [0.1, 0.15) is 45.4 Å². The molecule has 0 aromatic carbocycles. The van der Waals surface area contributed by atoms with Gasteiger partial charge < -0.3 is 10.6 Å². The fourth-order valence-corrected chi connectivity index (χ4v) is 3.76. The van der Waals surface area contributed by atoms with Gasteiger partial charge in [-0.3, -0.25) is 14.6 Å². The summed E-state index contributed by atoms with van der Waals surface area (Å²) < 4.78 is 26.9. The molecule has 1 spiro atoms. The first kappa shape index (κ1) is 17.0. The zero-order valence-corrected chi connectivity index (χ0v) is 13.9. The van der Waals surface area contributed by atoms with Crippen molar-refractivity contribution >= 4 is 17.4 Å². The lowest BCUT2D eigenvalue weighted by molar-refractivity contribution is -0.129. The van der Waals surface area contributed by atoms with E-state index < -0.39 is 11.3 Å². The summed E-state index contributed by atoms with van der Waals surface area (Å²) in [5.74, 6) is -2.89. The van der Waals surface area contributed by atoms with E-state index in [4.69, 9.17) is 5.73 Å². The molecule has 1 saturated heterocycles. The molecule has 3 rings (SSSR count). The molecule has 24 heavy (non-hydrogen) atoms.